The van der Waals surface area contributed by atoms with Gasteiger partial charge in [-0.05, 0) is 24.3 Å². The maximum absolute atomic E-state index is 10.6. The highest BCUT2D eigenvalue weighted by atomic mass is 32.1. The lowest BCUT2D eigenvalue weighted by Gasteiger charge is -2.00. The molecular weight excluding hydrogens is 286 g/mol. The molecule has 6 heteroatoms. The predicted octanol–water partition coefficient (Wildman–Crippen LogP) is 2.88. The first-order valence-electron chi connectivity index (χ1n) is 6.35. The first kappa shape index (κ1) is 13.5. The predicted molar refractivity (Wildman–Crippen MR) is 80.8 cm³/mol. The van der Waals surface area contributed by atoms with Crippen molar-refractivity contribution in [2.24, 2.45) is 0 Å². The van der Waals surface area contributed by atoms with Gasteiger partial charge in [-0.3, -0.25) is 9.48 Å². The molecule has 0 aliphatic heterocycles. The second-order valence-electron chi connectivity index (χ2n) is 4.44. The molecule has 5 nitrogen and oxygen atoms in total. The highest BCUT2D eigenvalue weighted by Gasteiger charge is 2.06. The van der Waals surface area contributed by atoms with Gasteiger partial charge in [0, 0.05) is 17.1 Å². The van der Waals surface area contributed by atoms with Gasteiger partial charge in [0.25, 0.3) is 0 Å². The zero-order valence-electron chi connectivity index (χ0n) is 11.4. The third kappa shape index (κ3) is 3.00. The van der Waals surface area contributed by atoms with Crippen LogP contribution in [0, 0.1) is 0 Å². The number of hydrogen-bond donors (Lipinski definition) is 0. The quantitative estimate of drug-likeness (QED) is 0.680. The summed E-state index contributed by atoms with van der Waals surface area (Å²) in [6.07, 6.45) is 4.04. The molecule has 0 atom stereocenters. The van der Waals surface area contributed by atoms with Crippen LogP contribution in [-0.4, -0.2) is 28.2 Å². The molecule has 0 saturated carbocycles. The normalized spacial score (nSPS) is 10.5. The Bertz CT molecular complexity index is 746. The lowest BCUT2D eigenvalue weighted by Crippen LogP contribution is -1.99. The smallest absolute Gasteiger partial charge is 0.153 e. The maximum atomic E-state index is 10.6. The monoisotopic (exact) mass is 299 g/mol. The van der Waals surface area contributed by atoms with Crippen molar-refractivity contribution in [2.45, 2.75) is 6.54 Å². The molecule has 0 spiro atoms. The number of hydrogen-bond acceptors (Lipinski definition) is 5. The average Bonchev–Trinajstić information content (AvgIpc) is 3.17. The second-order valence-corrected chi connectivity index (χ2v) is 5.39. The van der Waals surface area contributed by atoms with Crippen molar-refractivity contribution in [1.29, 1.82) is 0 Å². The Morgan fingerprint density at radius 2 is 2.14 bits per heavy atom. The topological polar surface area (TPSA) is 57.0 Å². The summed E-state index contributed by atoms with van der Waals surface area (Å²) in [5.74, 6) is 0.826. The van der Waals surface area contributed by atoms with Crippen LogP contribution in [0.2, 0.25) is 0 Å². The molecule has 0 amide bonds. The van der Waals surface area contributed by atoms with E-state index in [1.54, 1.807) is 35.5 Å². The summed E-state index contributed by atoms with van der Waals surface area (Å²) in [6.45, 7) is 0.564. The van der Waals surface area contributed by atoms with E-state index in [9.17, 15) is 4.79 Å². The molecule has 0 N–H and O–H groups in total. The minimum absolute atomic E-state index is 0.564. The van der Waals surface area contributed by atoms with E-state index >= 15 is 0 Å². The molecule has 21 heavy (non-hydrogen) atoms. The summed E-state index contributed by atoms with van der Waals surface area (Å²) >= 11 is 1.57. The fraction of sp³-hybridized carbons (Fsp3) is 0.133. The summed E-state index contributed by atoms with van der Waals surface area (Å²) in [5, 5.41) is 7.08. The van der Waals surface area contributed by atoms with Crippen molar-refractivity contribution in [2.75, 3.05) is 7.11 Å². The van der Waals surface area contributed by atoms with Gasteiger partial charge in [-0.15, -0.1) is 11.3 Å². The first-order valence-corrected chi connectivity index (χ1v) is 7.23. The lowest BCUT2D eigenvalue weighted by atomic mass is 10.2. The fourth-order valence-electron chi connectivity index (χ4n) is 1.94. The second kappa shape index (κ2) is 5.88. The summed E-state index contributed by atoms with van der Waals surface area (Å²) in [4.78, 5) is 15.2. The van der Waals surface area contributed by atoms with Crippen LogP contribution < -0.4 is 4.74 Å². The Balaban J connectivity index is 1.77. The van der Waals surface area contributed by atoms with Crippen LogP contribution in [0.4, 0.5) is 0 Å². The molecule has 0 saturated heterocycles. The molecule has 0 radical (unpaired) electrons. The van der Waals surface area contributed by atoms with Crippen LogP contribution in [0.25, 0.3) is 11.3 Å². The van der Waals surface area contributed by atoms with E-state index in [-0.39, 0.29) is 0 Å². The third-order valence-corrected chi connectivity index (χ3v) is 3.86. The summed E-state index contributed by atoms with van der Waals surface area (Å²) in [7, 11) is 1.65. The molecule has 0 unspecified atom stereocenters. The molecule has 1 aromatic carbocycles. The van der Waals surface area contributed by atoms with Gasteiger partial charge in [-0.2, -0.15) is 5.10 Å². The van der Waals surface area contributed by atoms with Crippen molar-refractivity contribution in [3.05, 3.63) is 52.6 Å². The molecule has 2 aromatic heterocycles. The van der Waals surface area contributed by atoms with E-state index in [0.29, 0.717) is 12.1 Å². The Morgan fingerprint density at radius 3 is 2.81 bits per heavy atom. The van der Waals surface area contributed by atoms with Crippen molar-refractivity contribution >= 4 is 17.6 Å². The summed E-state index contributed by atoms with van der Waals surface area (Å²) in [6, 6.07) is 7.79. The van der Waals surface area contributed by atoms with E-state index in [2.05, 4.69) is 10.1 Å². The van der Waals surface area contributed by atoms with Gasteiger partial charge in [0.2, 0.25) is 0 Å². The largest absolute Gasteiger partial charge is 0.497 e. The molecule has 106 valence electrons. The van der Waals surface area contributed by atoms with Crippen LogP contribution in [0.1, 0.15) is 15.4 Å². The van der Waals surface area contributed by atoms with Crippen LogP contribution in [0.3, 0.4) is 0 Å². The Kier molecular flexibility index (Phi) is 3.79. The Hall–Kier alpha value is -2.47. The van der Waals surface area contributed by atoms with E-state index in [0.717, 1.165) is 28.3 Å². The zero-order chi connectivity index (χ0) is 14.7. The third-order valence-electron chi connectivity index (χ3n) is 3.02. The van der Waals surface area contributed by atoms with Crippen LogP contribution in [0.5, 0.6) is 5.75 Å². The standard InChI is InChI=1S/C15H13N3O2S/c1-20-13-4-2-12(3-5-13)14-10-21-15(17-14)8-18-7-11(9-19)6-16-18/h2-7,9-10H,8H2,1H3. The minimum Gasteiger partial charge on any atom is -0.497 e. The van der Waals surface area contributed by atoms with Gasteiger partial charge in [-0.1, -0.05) is 0 Å². The van der Waals surface area contributed by atoms with Crippen LogP contribution in [0.15, 0.2) is 42.0 Å². The number of nitrogens with zero attached hydrogens (tertiary/aromatic N) is 3. The SMILES string of the molecule is COc1ccc(-c2csc(Cn3cc(C=O)cn3)n2)cc1. The van der Waals surface area contributed by atoms with Gasteiger partial charge < -0.3 is 4.74 Å². The molecule has 0 aliphatic carbocycles. The lowest BCUT2D eigenvalue weighted by molar-refractivity contribution is 0.112. The van der Waals surface area contributed by atoms with Crippen LogP contribution >= 0.6 is 11.3 Å². The van der Waals surface area contributed by atoms with Crippen molar-refractivity contribution in [1.82, 2.24) is 14.8 Å². The number of ether oxygens (including phenoxy) is 1. The minimum atomic E-state index is 0.564. The molecule has 0 bridgehead atoms. The van der Waals surface area contributed by atoms with E-state index in [1.165, 1.54) is 0 Å². The maximum Gasteiger partial charge on any atom is 0.153 e. The van der Waals surface area contributed by atoms with E-state index < -0.39 is 0 Å². The number of aromatic nitrogens is 3. The van der Waals surface area contributed by atoms with Crippen LogP contribution in [-0.2, 0) is 6.54 Å². The molecule has 3 aromatic rings. The van der Waals surface area contributed by atoms with Crippen molar-refractivity contribution < 1.29 is 9.53 Å². The van der Waals surface area contributed by atoms with E-state index in [1.807, 2.05) is 29.6 Å². The summed E-state index contributed by atoms with van der Waals surface area (Å²) < 4.78 is 6.85. The number of rotatable bonds is 5. The van der Waals surface area contributed by atoms with Gasteiger partial charge >= 0.3 is 0 Å². The number of methoxy groups -OCH3 is 1. The molecule has 3 rings (SSSR count). The van der Waals surface area contributed by atoms with E-state index in [4.69, 9.17) is 4.74 Å². The van der Waals surface area contributed by atoms with Crippen molar-refractivity contribution in [3.8, 4) is 17.0 Å². The van der Waals surface area contributed by atoms with Crippen molar-refractivity contribution in [3.63, 3.8) is 0 Å². The molecule has 0 aliphatic rings. The average molecular weight is 299 g/mol. The first-order chi connectivity index (χ1) is 10.3. The zero-order valence-corrected chi connectivity index (χ0v) is 12.2. The van der Waals surface area contributed by atoms with Gasteiger partial charge in [-0.25, -0.2) is 4.98 Å². The molecule has 2 heterocycles. The Labute approximate surface area is 125 Å². The number of thiazole rings is 1. The van der Waals surface area contributed by atoms with Gasteiger partial charge in [0.1, 0.15) is 10.8 Å². The van der Waals surface area contributed by atoms with Gasteiger partial charge in [0.15, 0.2) is 6.29 Å². The number of benzene rings is 1. The summed E-state index contributed by atoms with van der Waals surface area (Å²) in [5.41, 5.74) is 2.55. The number of carbonyl (C=O) groups excluding carboxylic acids is 1. The molecular formula is C15H13N3O2S. The number of aldehydes is 1. The Morgan fingerprint density at radius 1 is 1.33 bits per heavy atom. The highest BCUT2D eigenvalue weighted by Crippen LogP contribution is 2.24. The number of carbonyl (C=O) groups is 1. The molecule has 0 fully saturated rings. The highest BCUT2D eigenvalue weighted by molar-refractivity contribution is 7.09. The fourth-order valence-corrected chi connectivity index (χ4v) is 2.74. The van der Waals surface area contributed by atoms with Gasteiger partial charge in [0.05, 0.1) is 31.1 Å².